The first kappa shape index (κ1) is 17.1. The fraction of sp³-hybridized carbons (Fsp3) is 0.389. The van der Waals surface area contributed by atoms with Gasteiger partial charge in [0.15, 0.2) is 5.96 Å². The van der Waals surface area contributed by atoms with Gasteiger partial charge in [0.05, 0.1) is 13.2 Å². The molecule has 0 atom stereocenters. The van der Waals surface area contributed by atoms with Gasteiger partial charge in [0.2, 0.25) is 0 Å². The number of hydrogen-bond acceptors (Lipinski definition) is 2. The Balaban J connectivity index is 1.88. The zero-order valence-corrected chi connectivity index (χ0v) is 14.0. The van der Waals surface area contributed by atoms with Crippen molar-refractivity contribution in [2.75, 3.05) is 20.2 Å². The number of ether oxygens (including phenoxy) is 1. The Kier molecular flexibility index (Phi) is 7.20. The highest BCUT2D eigenvalue weighted by atomic mass is 16.5. The first-order valence-electron chi connectivity index (χ1n) is 8.01. The minimum Gasteiger partial charge on any atom is -0.380 e. The van der Waals surface area contributed by atoms with Crippen LogP contribution in [0, 0.1) is 0 Å². The Hall–Kier alpha value is -2.27. The minimum absolute atomic E-state index is 0.632. The van der Waals surface area contributed by atoms with Crippen LogP contribution in [0.1, 0.15) is 18.1 Å². The molecule has 0 saturated heterocycles. The molecule has 23 heavy (non-hydrogen) atoms. The second kappa shape index (κ2) is 9.69. The second-order valence-electron chi connectivity index (χ2n) is 5.30. The van der Waals surface area contributed by atoms with E-state index in [2.05, 4.69) is 57.7 Å². The molecule has 2 N–H and O–H groups in total. The first-order valence-corrected chi connectivity index (χ1v) is 8.01. The highest BCUT2D eigenvalue weighted by Crippen LogP contribution is 2.07. The molecule has 0 aliphatic carbocycles. The Labute approximate surface area is 138 Å². The molecule has 2 rings (SSSR count). The van der Waals surface area contributed by atoms with Crippen LogP contribution in [-0.2, 0) is 24.4 Å². The van der Waals surface area contributed by atoms with Crippen LogP contribution in [0.5, 0.6) is 0 Å². The van der Waals surface area contributed by atoms with Crippen molar-refractivity contribution in [2.24, 2.45) is 4.99 Å². The minimum atomic E-state index is 0.632. The average molecular weight is 314 g/mol. The third kappa shape index (κ3) is 6.16. The quantitative estimate of drug-likeness (QED) is 0.581. The lowest BCUT2D eigenvalue weighted by Crippen LogP contribution is -2.38. The van der Waals surface area contributed by atoms with E-state index in [1.54, 1.807) is 7.11 Å². The van der Waals surface area contributed by atoms with Crippen molar-refractivity contribution in [1.82, 2.24) is 15.2 Å². The van der Waals surface area contributed by atoms with E-state index in [9.17, 15) is 0 Å². The van der Waals surface area contributed by atoms with E-state index in [-0.39, 0.29) is 0 Å². The van der Waals surface area contributed by atoms with E-state index in [0.717, 1.165) is 25.6 Å². The van der Waals surface area contributed by atoms with Crippen molar-refractivity contribution in [2.45, 2.75) is 26.6 Å². The van der Waals surface area contributed by atoms with E-state index >= 15 is 0 Å². The number of hydrogen-bond donors (Lipinski definition) is 2. The molecule has 124 valence electrons. The largest absolute Gasteiger partial charge is 0.380 e. The Bertz CT molecular complexity index is 593. The number of guanidine groups is 1. The van der Waals surface area contributed by atoms with E-state index in [1.807, 2.05) is 18.2 Å². The fourth-order valence-corrected chi connectivity index (χ4v) is 2.32. The van der Waals surface area contributed by atoms with Crippen LogP contribution in [0.25, 0.3) is 0 Å². The number of aliphatic imine (C=N–C) groups is 1. The van der Waals surface area contributed by atoms with E-state index in [1.165, 1.54) is 11.1 Å². The second-order valence-corrected chi connectivity index (χ2v) is 5.30. The predicted molar refractivity (Wildman–Crippen MR) is 94.4 cm³/mol. The topological polar surface area (TPSA) is 50.6 Å². The smallest absolute Gasteiger partial charge is 0.191 e. The molecule has 0 amide bonds. The van der Waals surface area contributed by atoms with Crippen molar-refractivity contribution in [1.29, 1.82) is 0 Å². The predicted octanol–water partition coefficient (Wildman–Crippen LogP) is 2.39. The molecule has 5 heteroatoms. The third-order valence-electron chi connectivity index (χ3n) is 3.40. The highest BCUT2D eigenvalue weighted by molar-refractivity contribution is 5.79. The lowest BCUT2D eigenvalue weighted by atomic mass is 10.1. The molecular weight excluding hydrogens is 288 g/mol. The highest BCUT2D eigenvalue weighted by Gasteiger charge is 1.99. The van der Waals surface area contributed by atoms with Crippen LogP contribution >= 0.6 is 0 Å². The molecule has 0 bridgehead atoms. The Morgan fingerprint density at radius 1 is 1.13 bits per heavy atom. The van der Waals surface area contributed by atoms with Gasteiger partial charge in [0.25, 0.3) is 0 Å². The van der Waals surface area contributed by atoms with Crippen LogP contribution in [0.3, 0.4) is 0 Å². The van der Waals surface area contributed by atoms with Gasteiger partial charge in [-0.2, -0.15) is 0 Å². The zero-order chi connectivity index (χ0) is 16.3. The Morgan fingerprint density at radius 3 is 2.65 bits per heavy atom. The molecule has 0 unspecified atom stereocenters. The SMILES string of the molecule is CCNC(=NCc1cccc(COC)c1)NCCn1cccc1. The molecule has 0 aliphatic heterocycles. The van der Waals surface area contributed by atoms with E-state index < -0.39 is 0 Å². The summed E-state index contributed by atoms with van der Waals surface area (Å²) in [5.41, 5.74) is 2.35. The van der Waals surface area contributed by atoms with E-state index in [0.29, 0.717) is 13.2 Å². The zero-order valence-electron chi connectivity index (χ0n) is 14.0. The number of rotatable bonds is 8. The maximum absolute atomic E-state index is 5.17. The number of nitrogens with one attached hydrogen (secondary N) is 2. The van der Waals surface area contributed by atoms with Crippen molar-refractivity contribution in [3.05, 3.63) is 59.9 Å². The summed E-state index contributed by atoms with van der Waals surface area (Å²) >= 11 is 0. The van der Waals surface area contributed by atoms with Crippen LogP contribution < -0.4 is 10.6 Å². The molecule has 5 nitrogen and oxygen atoms in total. The van der Waals surface area contributed by atoms with Crippen LogP contribution in [0.2, 0.25) is 0 Å². The van der Waals surface area contributed by atoms with Gasteiger partial charge in [-0.05, 0) is 30.2 Å². The molecule has 1 heterocycles. The van der Waals surface area contributed by atoms with Gasteiger partial charge in [-0.1, -0.05) is 24.3 Å². The molecular formula is C18H26N4O. The van der Waals surface area contributed by atoms with Gasteiger partial charge in [-0.25, -0.2) is 4.99 Å². The lowest BCUT2D eigenvalue weighted by molar-refractivity contribution is 0.185. The van der Waals surface area contributed by atoms with Crippen molar-refractivity contribution in [3.63, 3.8) is 0 Å². The van der Waals surface area contributed by atoms with Crippen LogP contribution in [-0.4, -0.2) is 30.7 Å². The van der Waals surface area contributed by atoms with Gasteiger partial charge in [-0.3, -0.25) is 0 Å². The van der Waals surface area contributed by atoms with Crippen molar-refractivity contribution < 1.29 is 4.74 Å². The van der Waals surface area contributed by atoms with E-state index in [4.69, 9.17) is 4.74 Å². The van der Waals surface area contributed by atoms with Crippen molar-refractivity contribution in [3.8, 4) is 0 Å². The molecule has 0 radical (unpaired) electrons. The number of aromatic nitrogens is 1. The summed E-state index contributed by atoms with van der Waals surface area (Å²) in [5, 5.41) is 6.64. The molecule has 1 aromatic carbocycles. The summed E-state index contributed by atoms with van der Waals surface area (Å²) in [5.74, 6) is 0.844. The number of benzene rings is 1. The average Bonchev–Trinajstić information content (AvgIpc) is 3.07. The molecule has 0 fully saturated rings. The monoisotopic (exact) mass is 314 g/mol. The third-order valence-corrected chi connectivity index (χ3v) is 3.40. The summed E-state index contributed by atoms with van der Waals surface area (Å²) in [6.07, 6.45) is 4.13. The standard InChI is InChI=1S/C18H26N4O/c1-3-19-18(20-9-12-22-10-4-5-11-22)21-14-16-7-6-8-17(13-16)15-23-2/h4-8,10-11,13H,3,9,12,14-15H2,1-2H3,(H2,19,20,21). The van der Waals surface area contributed by atoms with Gasteiger partial charge >= 0.3 is 0 Å². The van der Waals surface area contributed by atoms with Gasteiger partial charge in [0, 0.05) is 39.1 Å². The van der Waals surface area contributed by atoms with Crippen LogP contribution in [0.4, 0.5) is 0 Å². The van der Waals surface area contributed by atoms with Gasteiger partial charge in [0.1, 0.15) is 0 Å². The van der Waals surface area contributed by atoms with Gasteiger partial charge < -0.3 is 19.9 Å². The molecule has 0 aliphatic rings. The van der Waals surface area contributed by atoms with Crippen molar-refractivity contribution >= 4 is 5.96 Å². The summed E-state index contributed by atoms with van der Waals surface area (Å²) in [6, 6.07) is 12.4. The lowest BCUT2D eigenvalue weighted by Gasteiger charge is -2.12. The fourth-order valence-electron chi connectivity index (χ4n) is 2.32. The van der Waals surface area contributed by atoms with Gasteiger partial charge in [-0.15, -0.1) is 0 Å². The number of methoxy groups -OCH3 is 1. The normalized spacial score (nSPS) is 11.5. The molecule has 0 saturated carbocycles. The molecule has 2 aromatic rings. The maximum atomic E-state index is 5.17. The summed E-state index contributed by atoms with van der Waals surface area (Å²) in [7, 11) is 1.71. The Morgan fingerprint density at radius 2 is 1.91 bits per heavy atom. The molecule has 0 spiro atoms. The number of nitrogens with zero attached hydrogens (tertiary/aromatic N) is 2. The summed E-state index contributed by atoms with van der Waals surface area (Å²) < 4.78 is 7.32. The molecule has 1 aromatic heterocycles. The summed E-state index contributed by atoms with van der Waals surface area (Å²) in [6.45, 7) is 5.95. The first-order chi connectivity index (χ1) is 11.3. The summed E-state index contributed by atoms with van der Waals surface area (Å²) in [4.78, 5) is 4.65. The maximum Gasteiger partial charge on any atom is 0.191 e. The van der Waals surface area contributed by atoms with Crippen LogP contribution in [0.15, 0.2) is 53.8 Å².